The Morgan fingerprint density at radius 2 is 2.80 bits per heavy atom. The van der Waals surface area contributed by atoms with E-state index in [1.54, 1.807) is 0 Å². The number of ether oxygens (including phenoxy) is 1. The molecule has 0 spiro atoms. The molecule has 56 valence electrons. The topological polar surface area (TPSA) is 48.1 Å². The summed E-state index contributed by atoms with van der Waals surface area (Å²) in [5.41, 5.74) is 5.35. The van der Waals surface area contributed by atoms with Crippen molar-refractivity contribution in [1.29, 1.82) is 0 Å². The lowest BCUT2D eigenvalue weighted by molar-refractivity contribution is 0.241. The van der Waals surface area contributed by atoms with Crippen LogP contribution in [0.3, 0.4) is 0 Å². The number of aromatic nitrogens is 1. The third-order valence-electron chi connectivity index (χ3n) is 0.692. The van der Waals surface area contributed by atoms with Crippen molar-refractivity contribution in [3.8, 4) is 5.19 Å². The van der Waals surface area contributed by atoms with Gasteiger partial charge in [0, 0.05) is 8.22 Å². The van der Waals surface area contributed by atoms with Gasteiger partial charge in [0.2, 0.25) is 0 Å². The van der Waals surface area contributed by atoms with Crippen LogP contribution < -0.4 is 10.5 Å². The van der Waals surface area contributed by atoms with E-state index in [9.17, 15) is 0 Å². The molecule has 1 heterocycles. The average Bonchev–Trinajstić information content (AvgIpc) is 2.47. The summed E-state index contributed by atoms with van der Waals surface area (Å²) in [4.78, 5) is 3.58. The van der Waals surface area contributed by atoms with Crippen LogP contribution in [0, 0.1) is 0 Å². The van der Waals surface area contributed by atoms with Crippen LogP contribution in [0.4, 0.5) is 5.00 Å². The van der Waals surface area contributed by atoms with E-state index in [4.69, 9.17) is 20.1 Å². The molecule has 2 N–H and O–H groups in total. The first-order valence-electron chi connectivity index (χ1n) is 5.88. The number of anilines is 1. The largest absolute Gasteiger partial charge is 0.467 e. The van der Waals surface area contributed by atoms with Crippen LogP contribution in [0.25, 0.3) is 0 Å². The van der Waals surface area contributed by atoms with E-state index in [1.807, 2.05) is 0 Å². The molecule has 4 heteroatoms. The molecule has 0 fully saturated rings. The molecule has 0 amide bonds. The molecule has 0 saturated heterocycles. The summed E-state index contributed by atoms with van der Waals surface area (Å²) in [6.07, 6.45) is -1.87. The summed E-state index contributed by atoms with van der Waals surface area (Å²) in [6.45, 7) is -6.28. The first-order valence-corrected chi connectivity index (χ1v) is 3.19. The second-order valence-electron chi connectivity index (χ2n) is 1.46. The molecule has 0 aromatic carbocycles. The lowest BCUT2D eigenvalue weighted by Gasteiger charge is -2.03. The fourth-order valence-corrected chi connectivity index (χ4v) is 0.942. The number of hydrogen-bond donors (Lipinski definition) is 1. The molecule has 0 aliphatic rings. The first-order chi connectivity index (χ1) is 7.47. The van der Waals surface area contributed by atoms with Crippen molar-refractivity contribution < 1.29 is 14.3 Å². The summed E-state index contributed by atoms with van der Waals surface area (Å²) in [5, 5.41) is -0.0248. The highest BCUT2D eigenvalue weighted by molar-refractivity contribution is 7.17. The third kappa shape index (κ3) is 1.88. The second-order valence-corrected chi connectivity index (χ2v) is 2.48. The van der Waals surface area contributed by atoms with E-state index in [1.165, 1.54) is 6.20 Å². The van der Waals surface area contributed by atoms with Crippen molar-refractivity contribution in [3.63, 3.8) is 0 Å². The molecular formula is C6H10N2OS. The molecule has 0 aliphatic heterocycles. The van der Waals surface area contributed by atoms with Crippen LogP contribution in [0.1, 0.15) is 23.3 Å². The molecule has 1 aromatic rings. The molecule has 0 aliphatic carbocycles. The first kappa shape index (κ1) is 2.37. The summed E-state index contributed by atoms with van der Waals surface area (Å²) >= 11 is 0.771. The van der Waals surface area contributed by atoms with E-state index in [-0.39, 0.29) is 10.2 Å². The quantitative estimate of drug-likeness (QED) is 0.722. The molecule has 0 saturated carbocycles. The smallest absolute Gasteiger partial charge is 0.275 e. The van der Waals surface area contributed by atoms with Gasteiger partial charge in [0.25, 0.3) is 5.19 Å². The average molecular weight is 165 g/mol. The highest BCUT2D eigenvalue weighted by atomic mass is 32.1. The second kappa shape index (κ2) is 2.88. The zero-order valence-corrected chi connectivity index (χ0v) is 5.73. The Morgan fingerprint density at radius 1 is 2.00 bits per heavy atom. The zero-order valence-electron chi connectivity index (χ0n) is 11.9. The standard InChI is InChI=1S/C6H10N2OS/c1-4(2)9-6-8-3-5(7)10-6/h3-4H,7H2,1-2H3/i1D3,2D3,4D. The van der Waals surface area contributed by atoms with Crippen molar-refractivity contribution in [1.82, 2.24) is 4.98 Å². The van der Waals surface area contributed by atoms with Crippen LogP contribution in [0.2, 0.25) is 0 Å². The fourth-order valence-electron chi connectivity index (χ4n) is 0.404. The van der Waals surface area contributed by atoms with E-state index in [2.05, 4.69) is 4.98 Å². The van der Waals surface area contributed by atoms with Crippen molar-refractivity contribution >= 4 is 16.3 Å². The Kier molecular flexibility index (Phi) is 0.683. The number of nitrogen functional groups attached to an aromatic ring is 1. The summed E-state index contributed by atoms with van der Waals surface area (Å²) in [6, 6.07) is 0. The predicted octanol–water partition coefficient (Wildman–Crippen LogP) is 1.51. The zero-order chi connectivity index (χ0) is 13.5. The van der Waals surface area contributed by atoms with E-state index >= 15 is 0 Å². The Morgan fingerprint density at radius 3 is 3.30 bits per heavy atom. The SMILES string of the molecule is [2H]C([2H])([2H])C([2H])(Oc1ncc(N)s1)C([2H])([2H])[2H]. The molecule has 0 unspecified atom stereocenters. The highest BCUT2D eigenvalue weighted by Gasteiger charge is 2.00. The van der Waals surface area contributed by atoms with Gasteiger partial charge in [-0.15, -0.1) is 0 Å². The molecule has 10 heavy (non-hydrogen) atoms. The maximum atomic E-state index is 7.55. The van der Waals surface area contributed by atoms with Gasteiger partial charge in [0.05, 0.1) is 13.6 Å². The van der Waals surface area contributed by atoms with Crippen LogP contribution in [-0.4, -0.2) is 11.1 Å². The Labute approximate surface area is 73.7 Å². The number of nitrogens with zero attached hydrogens (tertiary/aromatic N) is 1. The van der Waals surface area contributed by atoms with E-state index < -0.39 is 19.8 Å². The van der Waals surface area contributed by atoms with E-state index in [0.717, 1.165) is 11.3 Å². The summed E-state index contributed by atoms with van der Waals surface area (Å²) in [7, 11) is 0. The van der Waals surface area contributed by atoms with Gasteiger partial charge in [-0.3, -0.25) is 0 Å². The Bertz CT molecular complexity index is 384. The minimum atomic E-state index is -3.14. The number of nitrogens with two attached hydrogens (primary N) is 1. The van der Waals surface area contributed by atoms with Gasteiger partial charge in [0.1, 0.15) is 5.00 Å². The number of rotatable bonds is 2. The molecule has 1 aromatic heterocycles. The van der Waals surface area contributed by atoms with Gasteiger partial charge >= 0.3 is 0 Å². The molecule has 0 radical (unpaired) electrons. The lowest BCUT2D eigenvalue weighted by Crippen LogP contribution is -2.04. The van der Waals surface area contributed by atoms with Crippen molar-refractivity contribution in [2.24, 2.45) is 0 Å². The monoisotopic (exact) mass is 165 g/mol. The van der Waals surface area contributed by atoms with Crippen LogP contribution in [-0.2, 0) is 0 Å². The van der Waals surface area contributed by atoms with Crippen molar-refractivity contribution in [2.45, 2.75) is 19.8 Å². The molecule has 0 atom stereocenters. The maximum absolute atomic E-state index is 7.55. The van der Waals surface area contributed by atoms with Crippen molar-refractivity contribution in [3.05, 3.63) is 6.20 Å². The van der Waals surface area contributed by atoms with Gasteiger partial charge in [0.15, 0.2) is 0 Å². The Hall–Kier alpha value is -0.770. The van der Waals surface area contributed by atoms with Crippen LogP contribution >= 0.6 is 11.3 Å². The normalized spacial score (nSPS) is 24.2. The van der Waals surface area contributed by atoms with Crippen LogP contribution in [0.5, 0.6) is 5.19 Å². The van der Waals surface area contributed by atoms with Gasteiger partial charge in [-0.25, -0.2) is 4.98 Å². The Balaban J connectivity index is 3.10. The molecule has 1 rings (SSSR count). The number of hydrogen-bond acceptors (Lipinski definition) is 4. The molecular weight excluding hydrogens is 148 g/mol. The van der Waals surface area contributed by atoms with E-state index in [0.29, 0.717) is 0 Å². The van der Waals surface area contributed by atoms with Gasteiger partial charge in [-0.2, -0.15) is 0 Å². The minimum Gasteiger partial charge on any atom is -0.467 e. The summed E-state index contributed by atoms with van der Waals surface area (Å²) < 4.78 is 54.9. The summed E-state index contributed by atoms with van der Waals surface area (Å²) in [5.74, 6) is 0. The van der Waals surface area contributed by atoms with Crippen LogP contribution in [0.15, 0.2) is 6.20 Å². The number of thiazole rings is 1. The van der Waals surface area contributed by atoms with Gasteiger partial charge in [-0.1, -0.05) is 11.3 Å². The third-order valence-corrected chi connectivity index (χ3v) is 1.40. The molecule has 0 bridgehead atoms. The lowest BCUT2D eigenvalue weighted by atomic mass is 10.5. The molecule has 3 nitrogen and oxygen atoms in total. The van der Waals surface area contributed by atoms with Gasteiger partial charge in [-0.05, 0) is 13.7 Å². The van der Waals surface area contributed by atoms with Crippen molar-refractivity contribution in [2.75, 3.05) is 5.73 Å². The minimum absolute atomic E-state index is 0.235. The van der Waals surface area contributed by atoms with Gasteiger partial charge < -0.3 is 10.5 Å². The predicted molar refractivity (Wildman–Crippen MR) is 42.3 cm³/mol. The maximum Gasteiger partial charge on any atom is 0.275 e. The fraction of sp³-hybridized carbons (Fsp3) is 0.500. The highest BCUT2D eigenvalue weighted by Crippen LogP contribution is 2.22.